The average Bonchev–Trinajstić information content (AvgIpc) is 3.00. The summed E-state index contributed by atoms with van der Waals surface area (Å²) in [7, 11) is 0. The van der Waals surface area contributed by atoms with E-state index in [-0.39, 0.29) is 6.42 Å². The SMILES string of the molecule is Cc1[nH]nc(CCC(=O)O)c1-c1c[nH]c2ccccc12. The molecule has 1 aromatic carbocycles. The largest absolute Gasteiger partial charge is 0.481 e. The lowest BCUT2D eigenvalue weighted by atomic mass is 10.0. The standard InChI is InChI=1S/C15H15N3O2/c1-9-15(13(18-17-9)6-7-14(19)20)11-8-16-12-5-3-2-4-10(11)12/h2-5,8,16H,6-7H2,1H3,(H,17,18)(H,19,20). The molecule has 0 saturated heterocycles. The second-order valence-corrected chi connectivity index (χ2v) is 4.81. The van der Waals surface area contributed by atoms with Crippen molar-refractivity contribution in [2.45, 2.75) is 19.8 Å². The number of hydrogen-bond donors (Lipinski definition) is 3. The van der Waals surface area contributed by atoms with Gasteiger partial charge in [0, 0.05) is 40.3 Å². The van der Waals surface area contributed by atoms with E-state index in [0.717, 1.165) is 33.4 Å². The average molecular weight is 269 g/mol. The molecule has 3 N–H and O–H groups in total. The van der Waals surface area contributed by atoms with Crippen molar-refractivity contribution in [2.75, 3.05) is 0 Å². The summed E-state index contributed by atoms with van der Waals surface area (Å²) in [4.78, 5) is 14.0. The molecule has 2 heterocycles. The van der Waals surface area contributed by atoms with Crippen LogP contribution in [0.4, 0.5) is 0 Å². The van der Waals surface area contributed by atoms with Gasteiger partial charge in [-0.15, -0.1) is 0 Å². The first kappa shape index (κ1) is 12.5. The summed E-state index contributed by atoms with van der Waals surface area (Å²) in [6.07, 6.45) is 2.46. The Hall–Kier alpha value is -2.56. The van der Waals surface area contributed by atoms with Crippen LogP contribution < -0.4 is 0 Å². The number of hydrogen-bond acceptors (Lipinski definition) is 2. The van der Waals surface area contributed by atoms with Crippen molar-refractivity contribution >= 4 is 16.9 Å². The van der Waals surface area contributed by atoms with E-state index < -0.39 is 5.97 Å². The highest BCUT2D eigenvalue weighted by atomic mass is 16.4. The maximum atomic E-state index is 10.7. The molecule has 0 bridgehead atoms. The van der Waals surface area contributed by atoms with E-state index >= 15 is 0 Å². The van der Waals surface area contributed by atoms with E-state index in [1.54, 1.807) is 0 Å². The molecule has 2 aromatic heterocycles. The number of carbonyl (C=O) groups is 1. The number of para-hydroxylation sites is 1. The minimum atomic E-state index is -0.810. The third kappa shape index (κ3) is 2.07. The molecule has 0 atom stereocenters. The zero-order valence-corrected chi connectivity index (χ0v) is 11.1. The van der Waals surface area contributed by atoms with E-state index in [9.17, 15) is 4.79 Å². The molecule has 0 unspecified atom stereocenters. The number of carboxylic acids is 1. The number of carboxylic acid groups (broad SMARTS) is 1. The predicted molar refractivity (Wildman–Crippen MR) is 76.6 cm³/mol. The normalized spacial score (nSPS) is 11.1. The van der Waals surface area contributed by atoms with Gasteiger partial charge >= 0.3 is 5.97 Å². The number of fused-ring (bicyclic) bond motifs is 1. The Kier molecular flexibility index (Phi) is 3.02. The van der Waals surface area contributed by atoms with Crippen LogP contribution in [0.1, 0.15) is 17.8 Å². The third-order valence-corrected chi connectivity index (χ3v) is 3.46. The van der Waals surface area contributed by atoms with Gasteiger partial charge < -0.3 is 10.1 Å². The maximum Gasteiger partial charge on any atom is 0.303 e. The number of aryl methyl sites for hydroxylation is 2. The Bertz CT molecular complexity index is 770. The zero-order valence-electron chi connectivity index (χ0n) is 11.1. The maximum absolute atomic E-state index is 10.7. The van der Waals surface area contributed by atoms with Crippen LogP contribution in [0, 0.1) is 6.92 Å². The van der Waals surface area contributed by atoms with Crippen LogP contribution in [0.15, 0.2) is 30.5 Å². The minimum Gasteiger partial charge on any atom is -0.481 e. The topological polar surface area (TPSA) is 81.8 Å². The Morgan fingerprint density at radius 3 is 2.95 bits per heavy atom. The Labute approximate surface area is 115 Å². The minimum absolute atomic E-state index is 0.0830. The van der Waals surface area contributed by atoms with E-state index in [1.807, 2.05) is 31.3 Å². The van der Waals surface area contributed by atoms with Gasteiger partial charge in [0.15, 0.2) is 0 Å². The van der Waals surface area contributed by atoms with Gasteiger partial charge in [0.25, 0.3) is 0 Å². The van der Waals surface area contributed by atoms with E-state index in [2.05, 4.69) is 21.2 Å². The molecule has 5 heteroatoms. The second-order valence-electron chi connectivity index (χ2n) is 4.81. The Morgan fingerprint density at radius 2 is 2.15 bits per heavy atom. The summed E-state index contributed by atoms with van der Waals surface area (Å²) in [5.41, 5.74) is 4.88. The van der Waals surface area contributed by atoms with Crippen molar-refractivity contribution in [3.63, 3.8) is 0 Å². The summed E-state index contributed by atoms with van der Waals surface area (Å²) in [5.74, 6) is -0.810. The zero-order chi connectivity index (χ0) is 14.1. The van der Waals surface area contributed by atoms with Crippen molar-refractivity contribution in [1.29, 1.82) is 0 Å². The molecule has 3 rings (SSSR count). The molecule has 0 fully saturated rings. The van der Waals surface area contributed by atoms with Crippen LogP contribution in [0.2, 0.25) is 0 Å². The van der Waals surface area contributed by atoms with E-state index in [1.165, 1.54) is 0 Å². The van der Waals surface area contributed by atoms with Gasteiger partial charge in [-0.2, -0.15) is 5.10 Å². The molecule has 102 valence electrons. The van der Waals surface area contributed by atoms with Crippen LogP contribution in [-0.4, -0.2) is 26.3 Å². The first-order valence-electron chi connectivity index (χ1n) is 6.49. The molecule has 0 spiro atoms. The number of nitrogens with zero attached hydrogens (tertiary/aromatic N) is 1. The number of benzene rings is 1. The lowest BCUT2D eigenvalue weighted by molar-refractivity contribution is -0.136. The van der Waals surface area contributed by atoms with Crippen LogP contribution in [0.25, 0.3) is 22.0 Å². The quantitative estimate of drug-likeness (QED) is 0.681. The van der Waals surface area contributed by atoms with Crippen molar-refractivity contribution < 1.29 is 9.90 Å². The molecule has 3 aromatic rings. The first-order valence-corrected chi connectivity index (χ1v) is 6.49. The summed E-state index contributed by atoms with van der Waals surface area (Å²) < 4.78 is 0. The number of aliphatic carboxylic acids is 1. The smallest absolute Gasteiger partial charge is 0.303 e. The van der Waals surface area contributed by atoms with Gasteiger partial charge in [-0.25, -0.2) is 0 Å². The van der Waals surface area contributed by atoms with Crippen molar-refractivity contribution in [2.24, 2.45) is 0 Å². The van der Waals surface area contributed by atoms with Gasteiger partial charge in [0.05, 0.1) is 12.1 Å². The molecular formula is C15H15N3O2. The highest BCUT2D eigenvalue weighted by Crippen LogP contribution is 2.32. The van der Waals surface area contributed by atoms with Crippen molar-refractivity contribution in [3.05, 3.63) is 41.9 Å². The molecule has 0 aliphatic rings. The van der Waals surface area contributed by atoms with Crippen molar-refractivity contribution in [1.82, 2.24) is 15.2 Å². The second kappa shape index (κ2) is 4.85. The van der Waals surface area contributed by atoms with Crippen LogP contribution in [0.3, 0.4) is 0 Å². The lowest BCUT2D eigenvalue weighted by Crippen LogP contribution is -1.99. The van der Waals surface area contributed by atoms with Gasteiger partial charge in [0.1, 0.15) is 0 Å². The number of H-pyrrole nitrogens is 2. The summed E-state index contributed by atoms with van der Waals surface area (Å²) in [6, 6.07) is 8.04. The number of aromatic nitrogens is 3. The third-order valence-electron chi connectivity index (χ3n) is 3.46. The fraction of sp³-hybridized carbons (Fsp3) is 0.200. The van der Waals surface area contributed by atoms with Gasteiger partial charge in [-0.1, -0.05) is 18.2 Å². The summed E-state index contributed by atoms with van der Waals surface area (Å²) in [6.45, 7) is 1.95. The number of aromatic amines is 2. The van der Waals surface area contributed by atoms with Crippen molar-refractivity contribution in [3.8, 4) is 11.1 Å². The Morgan fingerprint density at radius 1 is 1.35 bits per heavy atom. The first-order chi connectivity index (χ1) is 9.66. The van der Waals surface area contributed by atoms with Gasteiger partial charge in [-0.3, -0.25) is 9.89 Å². The number of nitrogens with one attached hydrogen (secondary N) is 2. The van der Waals surface area contributed by atoms with E-state index in [0.29, 0.717) is 6.42 Å². The molecule has 0 aliphatic carbocycles. The molecule has 20 heavy (non-hydrogen) atoms. The van der Waals surface area contributed by atoms with Crippen LogP contribution in [-0.2, 0) is 11.2 Å². The monoisotopic (exact) mass is 269 g/mol. The van der Waals surface area contributed by atoms with E-state index in [4.69, 9.17) is 5.11 Å². The highest BCUT2D eigenvalue weighted by molar-refractivity contribution is 5.96. The molecule has 5 nitrogen and oxygen atoms in total. The van der Waals surface area contributed by atoms with Gasteiger partial charge in [-0.05, 0) is 13.0 Å². The van der Waals surface area contributed by atoms with Crippen LogP contribution >= 0.6 is 0 Å². The fourth-order valence-corrected chi connectivity index (χ4v) is 2.52. The van der Waals surface area contributed by atoms with Crippen LogP contribution in [0.5, 0.6) is 0 Å². The molecule has 0 saturated carbocycles. The molecule has 0 amide bonds. The fourth-order valence-electron chi connectivity index (χ4n) is 2.52. The Balaban J connectivity index is 2.09. The summed E-state index contributed by atoms with van der Waals surface area (Å²) >= 11 is 0. The van der Waals surface area contributed by atoms with Gasteiger partial charge in [0.2, 0.25) is 0 Å². The number of rotatable bonds is 4. The molecule has 0 aliphatic heterocycles. The summed E-state index contributed by atoms with van der Waals surface area (Å²) in [5, 5.41) is 17.2. The lowest BCUT2D eigenvalue weighted by Gasteiger charge is -2.02. The highest BCUT2D eigenvalue weighted by Gasteiger charge is 2.16. The molecule has 0 radical (unpaired) electrons. The molecular weight excluding hydrogens is 254 g/mol. The predicted octanol–water partition coefficient (Wildman–Crippen LogP) is 2.88.